The van der Waals surface area contributed by atoms with Gasteiger partial charge in [0.05, 0.1) is 16.3 Å². The molecule has 0 radical (unpaired) electrons. The molecule has 2 aromatic heterocycles. The fraction of sp³-hybridized carbons (Fsp3) is 0.316. The van der Waals surface area contributed by atoms with E-state index in [0.29, 0.717) is 22.1 Å². The van der Waals surface area contributed by atoms with Crippen molar-refractivity contribution < 1.29 is 9.15 Å². The highest BCUT2D eigenvalue weighted by molar-refractivity contribution is 6.31. The number of rotatable bonds is 3. The van der Waals surface area contributed by atoms with Crippen LogP contribution in [-0.2, 0) is 5.41 Å². The summed E-state index contributed by atoms with van der Waals surface area (Å²) in [6, 6.07) is 3.58. The first-order valence-electron chi connectivity index (χ1n) is 7.84. The average Bonchev–Trinajstić information content (AvgIpc) is 3.00. The van der Waals surface area contributed by atoms with Gasteiger partial charge in [0.2, 0.25) is 0 Å². The SMILES string of the molecule is C/C(=C\C=C\c1[nH]ccc1Cl)c1cc2c(c(=O)o1)C(C)(C)[C@@H](C)O2. The molecule has 3 rings (SSSR count). The number of nitrogens with one attached hydrogen (secondary N) is 1. The summed E-state index contributed by atoms with van der Waals surface area (Å²) in [6.07, 6.45) is 7.29. The Balaban J connectivity index is 1.91. The number of hydrogen-bond acceptors (Lipinski definition) is 3. The molecule has 1 atom stereocenters. The van der Waals surface area contributed by atoms with Crippen molar-refractivity contribution in [3.05, 3.63) is 62.9 Å². The summed E-state index contributed by atoms with van der Waals surface area (Å²) >= 11 is 6.02. The number of aromatic amines is 1. The molecule has 0 saturated carbocycles. The van der Waals surface area contributed by atoms with Gasteiger partial charge in [0, 0.05) is 17.7 Å². The van der Waals surface area contributed by atoms with Crippen molar-refractivity contribution in [1.29, 1.82) is 0 Å². The number of aromatic nitrogens is 1. The zero-order valence-electron chi connectivity index (χ0n) is 14.1. The predicted octanol–water partition coefficient (Wildman–Crippen LogP) is 4.80. The molecule has 24 heavy (non-hydrogen) atoms. The van der Waals surface area contributed by atoms with Gasteiger partial charge >= 0.3 is 5.63 Å². The number of halogens is 1. The molecule has 0 saturated heterocycles. The quantitative estimate of drug-likeness (QED) is 0.813. The lowest BCUT2D eigenvalue weighted by molar-refractivity contribution is 0.185. The Morgan fingerprint density at radius 2 is 2.17 bits per heavy atom. The van der Waals surface area contributed by atoms with Crippen molar-refractivity contribution in [3.63, 3.8) is 0 Å². The summed E-state index contributed by atoms with van der Waals surface area (Å²) in [6.45, 7) is 7.83. The molecule has 0 amide bonds. The molecule has 5 heteroatoms. The Bertz CT molecular complexity index is 886. The molecule has 0 aliphatic carbocycles. The second-order valence-corrected chi connectivity index (χ2v) is 6.97. The molecule has 126 valence electrons. The number of H-pyrrole nitrogens is 1. The van der Waals surface area contributed by atoms with E-state index in [1.165, 1.54) is 0 Å². The molecule has 0 aromatic carbocycles. The van der Waals surface area contributed by atoms with Crippen LogP contribution in [0, 0.1) is 0 Å². The van der Waals surface area contributed by atoms with Crippen LogP contribution in [0.15, 0.2) is 39.7 Å². The number of hydrogen-bond donors (Lipinski definition) is 1. The van der Waals surface area contributed by atoms with E-state index in [1.807, 2.05) is 45.9 Å². The van der Waals surface area contributed by atoms with Gasteiger partial charge in [0.15, 0.2) is 0 Å². The summed E-state index contributed by atoms with van der Waals surface area (Å²) in [4.78, 5) is 15.4. The zero-order chi connectivity index (χ0) is 17.5. The summed E-state index contributed by atoms with van der Waals surface area (Å²) in [5.41, 5.74) is 1.59. The maximum Gasteiger partial charge on any atom is 0.343 e. The predicted molar refractivity (Wildman–Crippen MR) is 96.6 cm³/mol. The standard InChI is InChI=1S/C19H20ClNO3/c1-11(6-5-7-14-13(20)8-9-21-14)15-10-16-17(18(22)24-15)19(3,4)12(2)23-16/h5-10,12,21H,1-4H3/b7-5+,11-6+/t12-/m1/s1. The van der Waals surface area contributed by atoms with Gasteiger partial charge in [-0.1, -0.05) is 37.6 Å². The lowest BCUT2D eigenvalue weighted by atomic mass is 9.83. The molecule has 2 aromatic rings. The number of fused-ring (bicyclic) bond motifs is 1. The minimum absolute atomic E-state index is 0.0650. The van der Waals surface area contributed by atoms with Gasteiger partial charge in [0.1, 0.15) is 17.6 Å². The highest BCUT2D eigenvalue weighted by Crippen LogP contribution is 2.41. The van der Waals surface area contributed by atoms with Crippen molar-refractivity contribution in [1.82, 2.24) is 4.98 Å². The molecule has 1 aliphatic rings. The normalized spacial score (nSPS) is 19.5. The van der Waals surface area contributed by atoms with Gasteiger partial charge in [-0.05, 0) is 31.6 Å². The van der Waals surface area contributed by atoms with E-state index in [4.69, 9.17) is 20.8 Å². The zero-order valence-corrected chi connectivity index (χ0v) is 14.9. The van der Waals surface area contributed by atoms with Crippen LogP contribution in [0.25, 0.3) is 11.6 Å². The molecule has 1 N–H and O–H groups in total. The lowest BCUT2D eigenvalue weighted by Gasteiger charge is -2.20. The fourth-order valence-corrected chi connectivity index (χ4v) is 2.92. The summed E-state index contributed by atoms with van der Waals surface area (Å²) in [5, 5.41) is 0.658. The highest BCUT2D eigenvalue weighted by Gasteiger charge is 2.42. The largest absolute Gasteiger partial charge is 0.489 e. The van der Waals surface area contributed by atoms with E-state index in [-0.39, 0.29) is 17.1 Å². The van der Waals surface area contributed by atoms with Crippen molar-refractivity contribution >= 4 is 23.3 Å². The maximum absolute atomic E-state index is 12.4. The van der Waals surface area contributed by atoms with Crippen molar-refractivity contribution in [2.45, 2.75) is 39.2 Å². The Hall–Kier alpha value is -2.20. The van der Waals surface area contributed by atoms with Gasteiger partial charge in [0.25, 0.3) is 0 Å². The molecule has 0 spiro atoms. The van der Waals surface area contributed by atoms with Crippen LogP contribution in [0.3, 0.4) is 0 Å². The molecule has 1 aliphatic heterocycles. The number of ether oxygens (including phenoxy) is 1. The van der Waals surface area contributed by atoms with E-state index in [2.05, 4.69) is 4.98 Å². The lowest BCUT2D eigenvalue weighted by Crippen LogP contribution is -2.32. The molecule has 0 bridgehead atoms. The van der Waals surface area contributed by atoms with Gasteiger partial charge < -0.3 is 14.1 Å². The maximum atomic E-state index is 12.4. The van der Waals surface area contributed by atoms with Gasteiger partial charge in [-0.25, -0.2) is 4.79 Å². The van der Waals surface area contributed by atoms with E-state index in [1.54, 1.807) is 18.3 Å². The topological polar surface area (TPSA) is 55.2 Å². The Labute approximate surface area is 145 Å². The first-order chi connectivity index (χ1) is 11.3. The van der Waals surface area contributed by atoms with Crippen molar-refractivity contribution in [3.8, 4) is 5.75 Å². The third-order valence-corrected chi connectivity index (χ3v) is 4.93. The van der Waals surface area contributed by atoms with Gasteiger partial charge in [-0.2, -0.15) is 0 Å². The minimum atomic E-state index is -0.351. The van der Waals surface area contributed by atoms with Crippen molar-refractivity contribution in [2.24, 2.45) is 0 Å². The smallest absolute Gasteiger partial charge is 0.343 e. The second kappa shape index (κ2) is 6.02. The second-order valence-electron chi connectivity index (χ2n) is 6.57. The molecule has 0 fully saturated rings. The first kappa shape index (κ1) is 16.7. The van der Waals surface area contributed by atoms with E-state index >= 15 is 0 Å². The summed E-state index contributed by atoms with van der Waals surface area (Å²) in [7, 11) is 0. The molecular formula is C19H20ClNO3. The third kappa shape index (κ3) is 2.82. The molecule has 3 heterocycles. The third-order valence-electron chi connectivity index (χ3n) is 4.60. The van der Waals surface area contributed by atoms with Crippen LogP contribution in [0.2, 0.25) is 5.02 Å². The van der Waals surface area contributed by atoms with Crippen LogP contribution < -0.4 is 10.4 Å². The van der Waals surface area contributed by atoms with Crippen LogP contribution >= 0.6 is 11.6 Å². The monoisotopic (exact) mass is 345 g/mol. The number of allylic oxidation sites excluding steroid dienone is 3. The van der Waals surface area contributed by atoms with Crippen LogP contribution in [0.5, 0.6) is 5.75 Å². The first-order valence-corrected chi connectivity index (χ1v) is 8.22. The average molecular weight is 346 g/mol. The molecule has 0 unspecified atom stereocenters. The minimum Gasteiger partial charge on any atom is -0.489 e. The van der Waals surface area contributed by atoms with Gasteiger partial charge in [-0.15, -0.1) is 0 Å². The van der Waals surface area contributed by atoms with Crippen molar-refractivity contribution in [2.75, 3.05) is 0 Å². The van der Waals surface area contributed by atoms with Crippen LogP contribution in [0.4, 0.5) is 0 Å². The molecule has 4 nitrogen and oxygen atoms in total. The van der Waals surface area contributed by atoms with E-state index < -0.39 is 0 Å². The Morgan fingerprint density at radius 1 is 1.42 bits per heavy atom. The van der Waals surface area contributed by atoms with Gasteiger partial charge in [-0.3, -0.25) is 0 Å². The molecular weight excluding hydrogens is 326 g/mol. The van der Waals surface area contributed by atoms with Crippen LogP contribution in [0.1, 0.15) is 44.7 Å². The van der Waals surface area contributed by atoms with E-state index in [0.717, 1.165) is 11.3 Å². The van der Waals surface area contributed by atoms with Crippen LogP contribution in [-0.4, -0.2) is 11.1 Å². The summed E-state index contributed by atoms with van der Waals surface area (Å²) in [5.74, 6) is 1.12. The highest BCUT2D eigenvalue weighted by atomic mass is 35.5. The summed E-state index contributed by atoms with van der Waals surface area (Å²) < 4.78 is 11.4. The van der Waals surface area contributed by atoms with E-state index in [9.17, 15) is 4.79 Å². The Morgan fingerprint density at radius 3 is 2.83 bits per heavy atom. The Kier molecular flexibility index (Phi) is 4.18. The fourth-order valence-electron chi connectivity index (χ4n) is 2.74.